The van der Waals surface area contributed by atoms with E-state index in [1.807, 2.05) is 34.6 Å². The van der Waals surface area contributed by atoms with E-state index in [1.54, 1.807) is 0 Å². The van der Waals surface area contributed by atoms with Gasteiger partial charge in [-0.25, -0.2) is 0 Å². The summed E-state index contributed by atoms with van der Waals surface area (Å²) in [5.74, 6) is 0.0245. The van der Waals surface area contributed by atoms with Gasteiger partial charge in [-0.3, -0.25) is 4.79 Å². The highest BCUT2D eigenvalue weighted by Gasteiger charge is 2.55. The lowest BCUT2D eigenvalue weighted by Crippen LogP contribution is -2.54. The van der Waals surface area contributed by atoms with Gasteiger partial charge in [-0.05, 0) is 128 Å². The Morgan fingerprint density at radius 3 is 1.93 bits per heavy atom. The minimum atomic E-state index is -0.805. The SMILES string of the molecule is CCCCCCCC/C=C\CCCCCCCC(=O)OC(C)CCOC(C)(C)CC(C1OCC(C(C)OCC)C1C(C)(C)OCCC(C)(C)O)C(C)(C)OCC. The largest absolute Gasteiger partial charge is 0.463 e. The van der Waals surface area contributed by atoms with Gasteiger partial charge in [0.25, 0.3) is 0 Å². The molecule has 332 valence electrons. The minimum absolute atomic E-state index is 0.00616. The van der Waals surface area contributed by atoms with Crippen molar-refractivity contribution in [2.24, 2.45) is 17.8 Å². The van der Waals surface area contributed by atoms with Crippen molar-refractivity contribution >= 4 is 5.97 Å². The lowest BCUT2D eigenvalue weighted by molar-refractivity contribution is -0.165. The smallest absolute Gasteiger partial charge is 0.306 e. The average Bonchev–Trinajstić information content (AvgIpc) is 3.54. The summed E-state index contributed by atoms with van der Waals surface area (Å²) < 4.78 is 38.4. The van der Waals surface area contributed by atoms with Crippen LogP contribution < -0.4 is 0 Å². The molecule has 1 saturated heterocycles. The summed E-state index contributed by atoms with van der Waals surface area (Å²) in [6.07, 6.45) is 22.8. The van der Waals surface area contributed by atoms with Gasteiger partial charge in [-0.1, -0.05) is 70.4 Å². The van der Waals surface area contributed by atoms with Crippen molar-refractivity contribution in [3.8, 4) is 0 Å². The van der Waals surface area contributed by atoms with Gasteiger partial charge in [0.15, 0.2) is 0 Å². The molecule has 1 aliphatic rings. The number of allylic oxidation sites excluding steroid dienone is 2. The normalized spacial score (nSPS) is 20.1. The number of aliphatic hydroxyl groups is 1. The molecule has 0 aromatic carbocycles. The molecule has 1 N–H and O–H groups in total. The van der Waals surface area contributed by atoms with Crippen molar-refractivity contribution in [3.63, 3.8) is 0 Å². The van der Waals surface area contributed by atoms with Crippen molar-refractivity contribution in [2.75, 3.05) is 33.0 Å². The molecule has 6 unspecified atom stereocenters. The van der Waals surface area contributed by atoms with Gasteiger partial charge in [0.2, 0.25) is 0 Å². The molecule has 8 nitrogen and oxygen atoms in total. The van der Waals surface area contributed by atoms with Gasteiger partial charge in [0.05, 0.1) is 54.4 Å². The second kappa shape index (κ2) is 27.7. The molecule has 1 fully saturated rings. The van der Waals surface area contributed by atoms with E-state index in [2.05, 4.69) is 67.5 Å². The van der Waals surface area contributed by atoms with E-state index in [9.17, 15) is 9.90 Å². The fraction of sp³-hybridized carbons (Fsp3) is 0.938. The number of rotatable bonds is 34. The van der Waals surface area contributed by atoms with E-state index in [0.717, 1.165) is 12.8 Å². The number of ether oxygens (including phenoxy) is 6. The molecule has 0 bridgehead atoms. The number of esters is 1. The highest BCUT2D eigenvalue weighted by molar-refractivity contribution is 5.69. The van der Waals surface area contributed by atoms with Crippen LogP contribution in [-0.4, -0.2) is 84.8 Å². The molecule has 0 aliphatic carbocycles. The van der Waals surface area contributed by atoms with Gasteiger partial charge in [0.1, 0.15) is 6.10 Å². The first-order valence-corrected chi connectivity index (χ1v) is 23.0. The molecule has 1 aliphatic heterocycles. The van der Waals surface area contributed by atoms with Gasteiger partial charge in [-0.15, -0.1) is 0 Å². The van der Waals surface area contributed by atoms with Gasteiger partial charge >= 0.3 is 5.97 Å². The molecule has 56 heavy (non-hydrogen) atoms. The Balaban J connectivity index is 2.68. The quantitative estimate of drug-likeness (QED) is 0.0391. The van der Waals surface area contributed by atoms with Crippen molar-refractivity contribution in [1.82, 2.24) is 0 Å². The molecule has 1 heterocycles. The van der Waals surface area contributed by atoms with Crippen LogP contribution >= 0.6 is 0 Å². The van der Waals surface area contributed by atoms with Crippen LogP contribution in [0, 0.1) is 17.8 Å². The van der Waals surface area contributed by atoms with Gasteiger partial charge in [-0.2, -0.15) is 0 Å². The van der Waals surface area contributed by atoms with Crippen LogP contribution in [0.4, 0.5) is 0 Å². The molecule has 0 radical (unpaired) electrons. The van der Waals surface area contributed by atoms with E-state index in [4.69, 9.17) is 28.4 Å². The number of unbranched alkanes of at least 4 members (excludes halogenated alkanes) is 11. The Hall–Kier alpha value is -1.03. The van der Waals surface area contributed by atoms with Crippen LogP contribution in [0.15, 0.2) is 12.2 Å². The summed E-state index contributed by atoms with van der Waals surface area (Å²) in [7, 11) is 0. The third-order valence-corrected chi connectivity index (χ3v) is 11.8. The summed E-state index contributed by atoms with van der Waals surface area (Å²) in [6.45, 7) is 29.7. The van der Waals surface area contributed by atoms with Crippen LogP contribution in [0.1, 0.15) is 199 Å². The fourth-order valence-corrected chi connectivity index (χ4v) is 8.43. The average molecular weight is 797 g/mol. The fourth-order valence-electron chi connectivity index (χ4n) is 8.43. The highest BCUT2D eigenvalue weighted by Crippen LogP contribution is 2.48. The molecular formula is C48H92O8. The standard InChI is InChI=1S/C48H92O8/c1-14-17-18-19-20-21-22-23-24-25-26-27-28-29-30-31-42(49)56-38(4)32-34-54-46(8,9)36-41(47(10,11)53-16-3)44-43(40(37-52-44)39(5)51-15-2)48(12,13)55-35-33-45(6,7)50/h23-24,38-41,43-44,50H,14-22,25-37H2,1-13H3/b24-23-. The van der Waals surface area contributed by atoms with Gasteiger partial charge < -0.3 is 33.5 Å². The first-order chi connectivity index (χ1) is 26.3. The van der Waals surface area contributed by atoms with Crippen LogP contribution in [0.3, 0.4) is 0 Å². The Kier molecular flexibility index (Phi) is 26.2. The monoisotopic (exact) mass is 797 g/mol. The summed E-state index contributed by atoms with van der Waals surface area (Å²) in [6, 6.07) is 0. The Labute approximate surface area is 346 Å². The zero-order valence-corrected chi connectivity index (χ0v) is 39.0. The van der Waals surface area contributed by atoms with E-state index in [0.29, 0.717) is 58.7 Å². The second-order valence-corrected chi connectivity index (χ2v) is 19.0. The highest BCUT2D eigenvalue weighted by atomic mass is 16.5. The zero-order valence-electron chi connectivity index (χ0n) is 39.0. The Morgan fingerprint density at radius 2 is 1.36 bits per heavy atom. The molecule has 1 rings (SSSR count). The van der Waals surface area contributed by atoms with Crippen molar-refractivity contribution in [2.45, 2.75) is 240 Å². The predicted molar refractivity (Wildman–Crippen MR) is 232 cm³/mol. The van der Waals surface area contributed by atoms with E-state index in [-0.39, 0.29) is 42.0 Å². The number of hydrogen-bond acceptors (Lipinski definition) is 8. The van der Waals surface area contributed by atoms with Gasteiger partial charge in [0, 0.05) is 43.8 Å². The first-order valence-electron chi connectivity index (χ1n) is 23.0. The maximum atomic E-state index is 12.6. The Morgan fingerprint density at radius 1 is 0.768 bits per heavy atom. The minimum Gasteiger partial charge on any atom is -0.463 e. The molecule has 0 spiro atoms. The summed E-state index contributed by atoms with van der Waals surface area (Å²) in [5, 5.41) is 10.4. The van der Waals surface area contributed by atoms with E-state index >= 15 is 0 Å². The number of hydrogen-bond donors (Lipinski definition) is 1. The maximum absolute atomic E-state index is 12.6. The zero-order chi connectivity index (χ0) is 42.3. The predicted octanol–water partition coefficient (Wildman–Crippen LogP) is 12.0. The second-order valence-electron chi connectivity index (χ2n) is 19.0. The van der Waals surface area contributed by atoms with Crippen LogP contribution in [0.5, 0.6) is 0 Å². The molecule has 0 amide bonds. The maximum Gasteiger partial charge on any atom is 0.306 e. The summed E-state index contributed by atoms with van der Waals surface area (Å²) >= 11 is 0. The molecule has 0 aromatic heterocycles. The summed E-state index contributed by atoms with van der Waals surface area (Å²) in [5.41, 5.74) is -2.34. The molecule has 0 aromatic rings. The van der Waals surface area contributed by atoms with Crippen LogP contribution in [-0.2, 0) is 33.2 Å². The molecule has 6 atom stereocenters. The molecular weight excluding hydrogens is 705 g/mol. The summed E-state index contributed by atoms with van der Waals surface area (Å²) in [4.78, 5) is 12.6. The van der Waals surface area contributed by atoms with E-state index in [1.165, 1.54) is 70.6 Å². The van der Waals surface area contributed by atoms with Crippen LogP contribution in [0.25, 0.3) is 0 Å². The third kappa shape index (κ3) is 22.4. The van der Waals surface area contributed by atoms with Crippen molar-refractivity contribution < 1.29 is 38.3 Å². The molecule has 0 saturated carbocycles. The Bertz CT molecular complexity index is 1030. The van der Waals surface area contributed by atoms with E-state index < -0.39 is 22.4 Å². The lowest BCUT2D eigenvalue weighted by atomic mass is 9.67. The third-order valence-electron chi connectivity index (χ3n) is 11.8. The van der Waals surface area contributed by atoms with Crippen LogP contribution in [0.2, 0.25) is 0 Å². The van der Waals surface area contributed by atoms with Crippen molar-refractivity contribution in [1.29, 1.82) is 0 Å². The molecule has 8 heteroatoms. The topological polar surface area (TPSA) is 92.7 Å². The lowest BCUT2D eigenvalue weighted by Gasteiger charge is -2.47. The van der Waals surface area contributed by atoms with Crippen molar-refractivity contribution in [3.05, 3.63) is 12.2 Å². The first kappa shape index (κ1) is 53.0. The number of carbonyl (C=O) groups excluding carboxylic acids is 1. The number of carbonyl (C=O) groups is 1.